The first kappa shape index (κ1) is 14.7. The van der Waals surface area contributed by atoms with Crippen LogP contribution < -0.4 is 4.74 Å². The monoisotopic (exact) mass is 250 g/mol. The molecule has 1 unspecified atom stereocenters. The van der Waals surface area contributed by atoms with Crippen LogP contribution in [0, 0.1) is 12.8 Å². The van der Waals surface area contributed by atoms with Crippen LogP contribution in [0.1, 0.15) is 36.7 Å². The predicted octanol–water partition coefficient (Wildman–Crippen LogP) is 3.25. The Bertz CT molecular complexity index is 410. The van der Waals surface area contributed by atoms with Crippen LogP contribution in [0.4, 0.5) is 0 Å². The van der Waals surface area contributed by atoms with Gasteiger partial charge in [-0.2, -0.15) is 0 Å². The van der Waals surface area contributed by atoms with Gasteiger partial charge in [-0.25, -0.2) is 0 Å². The molecule has 100 valence electrons. The van der Waals surface area contributed by atoms with Gasteiger partial charge in [0.1, 0.15) is 12.4 Å². The lowest BCUT2D eigenvalue weighted by molar-refractivity contribution is 0.0335. The standard InChI is InChI=1S/C15H22O3/c1-10(2)12(4)18-9-14(16)13-7-6-11(3)8-15(13)17-5/h6-8,10,12H,9H2,1-5H3. The Morgan fingerprint density at radius 2 is 1.94 bits per heavy atom. The van der Waals surface area contributed by atoms with Crippen molar-refractivity contribution < 1.29 is 14.3 Å². The van der Waals surface area contributed by atoms with Gasteiger partial charge in [0.15, 0.2) is 5.78 Å². The molecule has 0 aliphatic rings. The SMILES string of the molecule is COc1cc(C)ccc1C(=O)COC(C)C(C)C. The molecule has 0 aliphatic heterocycles. The minimum Gasteiger partial charge on any atom is -0.496 e. The Morgan fingerprint density at radius 1 is 1.28 bits per heavy atom. The number of ketones is 1. The number of Topliss-reactive ketones (excluding diaryl/α,β-unsaturated/α-hetero) is 1. The molecule has 3 nitrogen and oxygen atoms in total. The summed E-state index contributed by atoms with van der Waals surface area (Å²) in [7, 11) is 1.57. The highest BCUT2D eigenvalue weighted by Gasteiger charge is 2.15. The molecular weight excluding hydrogens is 228 g/mol. The van der Waals surface area contributed by atoms with Crippen molar-refractivity contribution >= 4 is 5.78 Å². The van der Waals surface area contributed by atoms with Crippen molar-refractivity contribution in [1.82, 2.24) is 0 Å². The molecule has 0 saturated heterocycles. The molecule has 1 rings (SSSR count). The second-order valence-electron chi connectivity index (χ2n) is 4.89. The zero-order valence-electron chi connectivity index (χ0n) is 11.8. The lowest BCUT2D eigenvalue weighted by Crippen LogP contribution is -2.20. The van der Waals surface area contributed by atoms with Crippen molar-refractivity contribution in [3.8, 4) is 5.75 Å². The second kappa shape index (κ2) is 6.55. The normalized spacial score (nSPS) is 12.6. The average Bonchev–Trinajstić information content (AvgIpc) is 2.34. The van der Waals surface area contributed by atoms with E-state index in [9.17, 15) is 4.79 Å². The minimum atomic E-state index is -0.0423. The van der Waals surface area contributed by atoms with Gasteiger partial charge < -0.3 is 9.47 Å². The molecule has 1 aromatic carbocycles. The van der Waals surface area contributed by atoms with Crippen LogP contribution >= 0.6 is 0 Å². The highest BCUT2D eigenvalue weighted by atomic mass is 16.5. The van der Waals surface area contributed by atoms with Crippen LogP contribution in [-0.4, -0.2) is 25.6 Å². The number of rotatable bonds is 6. The Labute approximate surface area is 109 Å². The van der Waals surface area contributed by atoms with Gasteiger partial charge in [-0.3, -0.25) is 4.79 Å². The molecule has 0 spiro atoms. The number of benzene rings is 1. The summed E-state index contributed by atoms with van der Waals surface area (Å²) < 4.78 is 10.8. The summed E-state index contributed by atoms with van der Waals surface area (Å²) in [5.41, 5.74) is 1.65. The lowest BCUT2D eigenvalue weighted by atomic mass is 10.1. The Hall–Kier alpha value is -1.35. The van der Waals surface area contributed by atoms with E-state index in [1.807, 2.05) is 26.0 Å². The summed E-state index contributed by atoms with van der Waals surface area (Å²) in [6, 6.07) is 5.56. The first-order valence-electron chi connectivity index (χ1n) is 6.25. The zero-order chi connectivity index (χ0) is 13.7. The molecule has 0 saturated carbocycles. The molecule has 0 aliphatic carbocycles. The molecular formula is C15H22O3. The fourth-order valence-corrected chi connectivity index (χ4v) is 1.51. The Morgan fingerprint density at radius 3 is 2.50 bits per heavy atom. The summed E-state index contributed by atoms with van der Waals surface area (Å²) in [6.45, 7) is 8.18. The van der Waals surface area contributed by atoms with Crippen LogP contribution in [0.25, 0.3) is 0 Å². The average molecular weight is 250 g/mol. The zero-order valence-corrected chi connectivity index (χ0v) is 11.8. The van der Waals surface area contributed by atoms with Crippen molar-refractivity contribution in [3.05, 3.63) is 29.3 Å². The summed E-state index contributed by atoms with van der Waals surface area (Å²) >= 11 is 0. The summed E-state index contributed by atoms with van der Waals surface area (Å²) in [5, 5.41) is 0. The molecule has 0 fully saturated rings. The minimum absolute atomic E-state index is 0.0423. The molecule has 3 heteroatoms. The largest absolute Gasteiger partial charge is 0.496 e. The molecule has 18 heavy (non-hydrogen) atoms. The topological polar surface area (TPSA) is 35.5 Å². The molecule has 0 N–H and O–H groups in total. The van der Waals surface area contributed by atoms with Gasteiger partial charge >= 0.3 is 0 Å². The maximum Gasteiger partial charge on any atom is 0.192 e. The predicted molar refractivity (Wildman–Crippen MR) is 72.3 cm³/mol. The summed E-state index contributed by atoms with van der Waals surface area (Å²) in [6.07, 6.45) is 0.0744. The van der Waals surface area contributed by atoms with Crippen LogP contribution in [0.5, 0.6) is 5.75 Å². The summed E-state index contributed by atoms with van der Waals surface area (Å²) in [5.74, 6) is 0.970. The number of ether oxygens (including phenoxy) is 2. The maximum absolute atomic E-state index is 12.1. The van der Waals surface area contributed by atoms with E-state index in [4.69, 9.17) is 9.47 Å². The first-order valence-corrected chi connectivity index (χ1v) is 6.25. The number of hydrogen-bond donors (Lipinski definition) is 0. The van der Waals surface area contributed by atoms with Gasteiger partial charge in [0, 0.05) is 0 Å². The van der Waals surface area contributed by atoms with E-state index >= 15 is 0 Å². The van der Waals surface area contributed by atoms with Gasteiger partial charge in [0.2, 0.25) is 0 Å². The van der Waals surface area contributed by atoms with Crippen LogP contribution in [0.3, 0.4) is 0 Å². The van der Waals surface area contributed by atoms with Crippen molar-refractivity contribution in [3.63, 3.8) is 0 Å². The van der Waals surface area contributed by atoms with E-state index in [0.29, 0.717) is 17.2 Å². The van der Waals surface area contributed by atoms with E-state index in [0.717, 1.165) is 5.56 Å². The Balaban J connectivity index is 2.72. The van der Waals surface area contributed by atoms with Gasteiger partial charge in [0.05, 0.1) is 18.8 Å². The molecule has 0 aromatic heterocycles. The fraction of sp³-hybridized carbons (Fsp3) is 0.533. The summed E-state index contributed by atoms with van der Waals surface area (Å²) in [4.78, 5) is 12.1. The molecule has 0 bridgehead atoms. The first-order chi connectivity index (χ1) is 8.45. The van der Waals surface area contributed by atoms with Crippen molar-refractivity contribution in [2.24, 2.45) is 5.92 Å². The second-order valence-corrected chi connectivity index (χ2v) is 4.89. The maximum atomic E-state index is 12.1. The molecule has 1 atom stereocenters. The fourth-order valence-electron chi connectivity index (χ4n) is 1.51. The van der Waals surface area contributed by atoms with Gasteiger partial charge in [-0.15, -0.1) is 0 Å². The van der Waals surface area contributed by atoms with Crippen molar-refractivity contribution in [1.29, 1.82) is 0 Å². The third-order valence-corrected chi connectivity index (χ3v) is 3.07. The van der Waals surface area contributed by atoms with Crippen molar-refractivity contribution in [2.45, 2.75) is 33.8 Å². The highest BCUT2D eigenvalue weighted by Crippen LogP contribution is 2.20. The van der Waals surface area contributed by atoms with E-state index in [1.54, 1.807) is 13.2 Å². The lowest BCUT2D eigenvalue weighted by Gasteiger charge is -2.16. The number of methoxy groups -OCH3 is 1. The van der Waals surface area contributed by atoms with Gasteiger partial charge in [-0.1, -0.05) is 19.9 Å². The highest BCUT2D eigenvalue weighted by molar-refractivity contribution is 5.99. The van der Waals surface area contributed by atoms with Gasteiger partial charge in [-0.05, 0) is 37.5 Å². The van der Waals surface area contributed by atoms with E-state index in [-0.39, 0.29) is 18.5 Å². The molecule has 0 amide bonds. The van der Waals surface area contributed by atoms with Crippen LogP contribution in [0.2, 0.25) is 0 Å². The molecule has 1 aromatic rings. The van der Waals surface area contributed by atoms with Crippen LogP contribution in [0.15, 0.2) is 18.2 Å². The van der Waals surface area contributed by atoms with E-state index in [1.165, 1.54) is 0 Å². The van der Waals surface area contributed by atoms with Gasteiger partial charge in [0.25, 0.3) is 0 Å². The molecule has 0 radical (unpaired) electrons. The number of carbonyl (C=O) groups is 1. The van der Waals surface area contributed by atoms with Crippen LogP contribution in [-0.2, 0) is 4.74 Å². The number of carbonyl (C=O) groups excluding carboxylic acids is 1. The quantitative estimate of drug-likeness (QED) is 0.727. The molecule has 0 heterocycles. The Kier molecular flexibility index (Phi) is 5.35. The van der Waals surface area contributed by atoms with E-state index < -0.39 is 0 Å². The third-order valence-electron chi connectivity index (χ3n) is 3.07. The third kappa shape index (κ3) is 3.84. The van der Waals surface area contributed by atoms with E-state index in [2.05, 4.69) is 13.8 Å². The van der Waals surface area contributed by atoms with Crippen molar-refractivity contribution in [2.75, 3.05) is 13.7 Å². The number of hydrogen-bond acceptors (Lipinski definition) is 3. The smallest absolute Gasteiger partial charge is 0.192 e. The number of aryl methyl sites for hydroxylation is 1.